The van der Waals surface area contributed by atoms with Crippen LogP contribution >= 0.6 is 23.4 Å². The molecule has 10 heteroatoms. The fraction of sp³-hybridized carbons (Fsp3) is 0.412. The van der Waals surface area contributed by atoms with E-state index in [4.69, 9.17) is 11.6 Å². The molecule has 1 atom stereocenters. The topological polar surface area (TPSA) is 84.3 Å². The number of nitrogens with one attached hydrogen (secondary N) is 1. The minimum absolute atomic E-state index is 0.0449. The Balaban J connectivity index is 1.73. The predicted molar refractivity (Wildman–Crippen MR) is 107 cm³/mol. The zero-order valence-corrected chi connectivity index (χ0v) is 17.6. The number of benzene rings is 1. The SMILES string of the molecule is CC(Sc1nccn1C1CC1)C(=O)Nc1ccc(Cl)c(S(=O)(=O)N(C)C)c1. The lowest BCUT2D eigenvalue weighted by molar-refractivity contribution is -0.115. The smallest absolute Gasteiger partial charge is 0.244 e. The van der Waals surface area contributed by atoms with E-state index in [1.54, 1.807) is 19.2 Å². The van der Waals surface area contributed by atoms with E-state index in [-0.39, 0.29) is 15.8 Å². The first kappa shape index (κ1) is 20.2. The molecule has 0 radical (unpaired) electrons. The van der Waals surface area contributed by atoms with Crippen molar-refractivity contribution in [2.45, 2.75) is 41.1 Å². The number of hydrogen-bond acceptors (Lipinski definition) is 5. The number of nitrogens with zero attached hydrogens (tertiary/aromatic N) is 3. The first-order valence-electron chi connectivity index (χ1n) is 8.42. The van der Waals surface area contributed by atoms with Crippen LogP contribution in [-0.4, -0.2) is 47.5 Å². The van der Waals surface area contributed by atoms with Crippen LogP contribution in [0.3, 0.4) is 0 Å². The van der Waals surface area contributed by atoms with Gasteiger partial charge < -0.3 is 9.88 Å². The van der Waals surface area contributed by atoms with Gasteiger partial charge in [0, 0.05) is 38.2 Å². The molecule has 1 aliphatic carbocycles. The molecule has 1 aromatic heterocycles. The second kappa shape index (κ2) is 7.83. The van der Waals surface area contributed by atoms with Gasteiger partial charge in [-0.05, 0) is 38.0 Å². The lowest BCUT2D eigenvalue weighted by atomic mass is 10.3. The highest BCUT2D eigenvalue weighted by molar-refractivity contribution is 8.00. The van der Waals surface area contributed by atoms with E-state index in [0.29, 0.717) is 11.7 Å². The van der Waals surface area contributed by atoms with Crippen LogP contribution in [0.25, 0.3) is 0 Å². The maximum atomic E-state index is 12.6. The van der Waals surface area contributed by atoms with Crippen LogP contribution in [0.4, 0.5) is 5.69 Å². The Morgan fingerprint density at radius 3 is 2.74 bits per heavy atom. The largest absolute Gasteiger partial charge is 0.325 e. The molecule has 1 unspecified atom stereocenters. The molecule has 1 saturated carbocycles. The fourth-order valence-corrected chi connectivity index (χ4v) is 4.78. The van der Waals surface area contributed by atoms with E-state index in [1.165, 1.54) is 38.0 Å². The molecule has 0 aliphatic heterocycles. The van der Waals surface area contributed by atoms with E-state index in [9.17, 15) is 13.2 Å². The standard InChI is InChI=1S/C17H21ClN4O3S2/c1-11(26-17-19-8-9-22(17)13-5-6-13)16(23)20-12-4-7-14(18)15(10-12)27(24,25)21(2)3/h4,7-11,13H,5-6H2,1-3H3,(H,20,23). The summed E-state index contributed by atoms with van der Waals surface area (Å²) in [7, 11) is -0.847. The van der Waals surface area contributed by atoms with Gasteiger partial charge in [-0.15, -0.1) is 0 Å². The Morgan fingerprint density at radius 1 is 1.41 bits per heavy atom. The molecule has 1 N–H and O–H groups in total. The molecule has 146 valence electrons. The van der Waals surface area contributed by atoms with E-state index in [2.05, 4.69) is 14.9 Å². The van der Waals surface area contributed by atoms with Crippen molar-refractivity contribution in [3.63, 3.8) is 0 Å². The summed E-state index contributed by atoms with van der Waals surface area (Å²) < 4.78 is 27.9. The molecule has 1 aromatic carbocycles. The number of halogens is 1. The Hall–Kier alpha value is -1.55. The van der Waals surface area contributed by atoms with E-state index in [0.717, 1.165) is 22.3 Å². The van der Waals surface area contributed by atoms with E-state index >= 15 is 0 Å². The average molecular weight is 429 g/mol. The molecule has 1 fully saturated rings. The summed E-state index contributed by atoms with van der Waals surface area (Å²) in [5.74, 6) is -0.235. The van der Waals surface area contributed by atoms with Crippen LogP contribution in [-0.2, 0) is 14.8 Å². The van der Waals surface area contributed by atoms with E-state index < -0.39 is 15.3 Å². The molecule has 2 aromatic rings. The maximum Gasteiger partial charge on any atom is 0.244 e. The summed E-state index contributed by atoms with van der Waals surface area (Å²) in [5, 5.41) is 3.28. The quantitative estimate of drug-likeness (QED) is 0.684. The molecule has 1 aliphatic rings. The number of rotatable bonds is 7. The van der Waals surface area contributed by atoms with Crippen molar-refractivity contribution < 1.29 is 13.2 Å². The van der Waals surface area contributed by atoms with Gasteiger partial charge in [0.15, 0.2) is 5.16 Å². The van der Waals surface area contributed by atoms with Crippen molar-refractivity contribution in [1.82, 2.24) is 13.9 Å². The Labute approximate surface area is 168 Å². The zero-order chi connectivity index (χ0) is 19.8. The lowest BCUT2D eigenvalue weighted by Gasteiger charge is -2.16. The van der Waals surface area contributed by atoms with Crippen molar-refractivity contribution in [1.29, 1.82) is 0 Å². The number of imidazole rings is 1. The number of anilines is 1. The second-order valence-corrected chi connectivity index (χ2v) is 10.4. The number of thioether (sulfide) groups is 1. The third kappa shape index (κ3) is 4.48. The van der Waals surface area contributed by atoms with Gasteiger partial charge in [-0.3, -0.25) is 4.79 Å². The summed E-state index contributed by atoms with van der Waals surface area (Å²) in [6.45, 7) is 1.79. The minimum atomic E-state index is -3.70. The Bertz CT molecular complexity index is 955. The molecule has 1 amide bonds. The number of carbonyl (C=O) groups is 1. The molecule has 0 saturated heterocycles. The minimum Gasteiger partial charge on any atom is -0.325 e. The van der Waals surface area contributed by atoms with Crippen LogP contribution in [0.15, 0.2) is 40.6 Å². The van der Waals surface area contributed by atoms with Crippen LogP contribution in [0.5, 0.6) is 0 Å². The normalized spacial score (nSPS) is 15.7. The first-order valence-corrected chi connectivity index (χ1v) is 11.1. The molecule has 3 rings (SSSR count). The van der Waals surface area contributed by atoms with Gasteiger partial charge in [-0.2, -0.15) is 0 Å². The van der Waals surface area contributed by atoms with Gasteiger partial charge >= 0.3 is 0 Å². The third-order valence-electron chi connectivity index (χ3n) is 4.18. The van der Waals surface area contributed by atoms with Gasteiger partial charge in [-0.25, -0.2) is 17.7 Å². The zero-order valence-electron chi connectivity index (χ0n) is 15.2. The van der Waals surface area contributed by atoms with Crippen molar-refractivity contribution in [3.05, 3.63) is 35.6 Å². The Kier molecular flexibility index (Phi) is 5.85. The van der Waals surface area contributed by atoms with Gasteiger partial charge in [0.05, 0.1) is 10.3 Å². The van der Waals surface area contributed by atoms with Crippen LogP contribution in [0.1, 0.15) is 25.8 Å². The average Bonchev–Trinajstić information content (AvgIpc) is 3.35. The van der Waals surface area contributed by atoms with Crippen molar-refractivity contribution >= 4 is 45.0 Å². The second-order valence-electron chi connectivity index (χ2n) is 6.53. The fourth-order valence-electron chi connectivity index (χ4n) is 2.45. The number of hydrogen-bond donors (Lipinski definition) is 1. The number of carbonyl (C=O) groups excluding carboxylic acids is 1. The van der Waals surface area contributed by atoms with Crippen LogP contribution in [0, 0.1) is 0 Å². The molecule has 1 heterocycles. The van der Waals surface area contributed by atoms with Gasteiger partial charge in [0.1, 0.15) is 4.90 Å². The molecule has 7 nitrogen and oxygen atoms in total. The van der Waals surface area contributed by atoms with Crippen LogP contribution < -0.4 is 5.32 Å². The van der Waals surface area contributed by atoms with Gasteiger partial charge in [0.2, 0.25) is 15.9 Å². The molecule has 27 heavy (non-hydrogen) atoms. The molecular weight excluding hydrogens is 408 g/mol. The van der Waals surface area contributed by atoms with Gasteiger partial charge in [0.25, 0.3) is 0 Å². The predicted octanol–water partition coefficient (Wildman–Crippen LogP) is 3.24. The Morgan fingerprint density at radius 2 is 2.11 bits per heavy atom. The van der Waals surface area contributed by atoms with Crippen molar-refractivity contribution in [2.24, 2.45) is 0 Å². The third-order valence-corrected chi connectivity index (χ3v) is 7.57. The molecular formula is C17H21ClN4O3S2. The summed E-state index contributed by atoms with van der Waals surface area (Å²) in [5.41, 5.74) is 0.378. The highest BCUT2D eigenvalue weighted by Crippen LogP contribution is 2.38. The first-order chi connectivity index (χ1) is 12.7. The van der Waals surface area contributed by atoms with E-state index in [1.807, 2.05) is 6.20 Å². The summed E-state index contributed by atoms with van der Waals surface area (Å²) in [6.07, 6.45) is 5.95. The summed E-state index contributed by atoms with van der Waals surface area (Å²) in [6, 6.07) is 4.90. The monoisotopic (exact) mass is 428 g/mol. The lowest BCUT2D eigenvalue weighted by Crippen LogP contribution is -2.24. The highest BCUT2D eigenvalue weighted by atomic mass is 35.5. The maximum absolute atomic E-state index is 12.6. The summed E-state index contributed by atoms with van der Waals surface area (Å²) >= 11 is 7.42. The van der Waals surface area contributed by atoms with Crippen LogP contribution in [0.2, 0.25) is 5.02 Å². The number of aromatic nitrogens is 2. The number of amides is 1. The van der Waals surface area contributed by atoms with Crippen molar-refractivity contribution in [3.8, 4) is 0 Å². The summed E-state index contributed by atoms with van der Waals surface area (Å²) in [4.78, 5) is 16.8. The molecule has 0 spiro atoms. The highest BCUT2D eigenvalue weighted by Gasteiger charge is 2.27. The van der Waals surface area contributed by atoms with Crippen molar-refractivity contribution in [2.75, 3.05) is 19.4 Å². The molecule has 0 bridgehead atoms. The van der Waals surface area contributed by atoms with Gasteiger partial charge in [-0.1, -0.05) is 23.4 Å². The number of sulfonamides is 1.